The first-order valence-corrected chi connectivity index (χ1v) is 7.63. The quantitative estimate of drug-likeness (QED) is 0.759. The lowest BCUT2D eigenvalue weighted by atomic mass is 10.1. The lowest BCUT2D eigenvalue weighted by Crippen LogP contribution is -2.06. The summed E-state index contributed by atoms with van der Waals surface area (Å²) < 4.78 is 25.8. The van der Waals surface area contributed by atoms with Gasteiger partial charge in [-0.3, -0.25) is 0 Å². The molecule has 0 spiro atoms. The molecule has 5 heteroatoms. The zero-order chi connectivity index (χ0) is 14.4. The van der Waals surface area contributed by atoms with Crippen molar-refractivity contribution in [1.29, 1.82) is 0 Å². The van der Waals surface area contributed by atoms with Crippen molar-refractivity contribution < 1.29 is 13.9 Å². The predicted molar refractivity (Wildman–Crippen MR) is 80.4 cm³/mol. The highest BCUT2D eigenvalue weighted by Gasteiger charge is 2.14. The first-order valence-electron chi connectivity index (χ1n) is 6.82. The summed E-state index contributed by atoms with van der Waals surface area (Å²) in [6.07, 6.45) is 0.998. The minimum atomic E-state index is -0.209. The third-order valence-corrected chi connectivity index (χ3v) is 4.22. The van der Waals surface area contributed by atoms with Crippen LogP contribution in [0.1, 0.15) is 23.8 Å². The molecule has 2 N–H and O–H groups in total. The maximum Gasteiger partial charge on any atom is 0.132 e. The van der Waals surface area contributed by atoms with Crippen LogP contribution in [0.2, 0.25) is 0 Å². The van der Waals surface area contributed by atoms with E-state index < -0.39 is 0 Å². The van der Waals surface area contributed by atoms with Crippen LogP contribution in [0.5, 0.6) is 0 Å². The number of halogens is 1. The van der Waals surface area contributed by atoms with Gasteiger partial charge in [0.15, 0.2) is 0 Å². The van der Waals surface area contributed by atoms with E-state index in [2.05, 4.69) is 6.92 Å². The molecular formula is C15H20FNO2S. The van der Waals surface area contributed by atoms with E-state index in [1.165, 1.54) is 17.4 Å². The summed E-state index contributed by atoms with van der Waals surface area (Å²) in [5.41, 5.74) is 6.62. The molecule has 0 atom stereocenters. The molecule has 0 amide bonds. The highest BCUT2D eigenvalue weighted by molar-refractivity contribution is 7.19. The van der Waals surface area contributed by atoms with Gasteiger partial charge in [-0.2, -0.15) is 0 Å². The second-order valence-corrected chi connectivity index (χ2v) is 5.62. The largest absolute Gasteiger partial charge is 0.379 e. The van der Waals surface area contributed by atoms with E-state index in [-0.39, 0.29) is 5.82 Å². The van der Waals surface area contributed by atoms with Crippen LogP contribution in [-0.4, -0.2) is 19.8 Å². The molecule has 2 rings (SSSR count). The van der Waals surface area contributed by atoms with Crippen LogP contribution >= 0.6 is 11.3 Å². The maximum absolute atomic E-state index is 14.0. The van der Waals surface area contributed by atoms with Gasteiger partial charge in [-0.25, -0.2) is 4.39 Å². The molecule has 0 fully saturated rings. The molecule has 0 radical (unpaired) electrons. The summed E-state index contributed by atoms with van der Waals surface area (Å²) in [6, 6.07) is 5.11. The number of hydrogen-bond donors (Lipinski definition) is 1. The van der Waals surface area contributed by atoms with Gasteiger partial charge in [0.25, 0.3) is 0 Å². The van der Waals surface area contributed by atoms with Crippen molar-refractivity contribution in [3.63, 3.8) is 0 Å². The molecule has 2 aromatic rings. The number of nitrogens with two attached hydrogens (primary N) is 1. The molecule has 20 heavy (non-hydrogen) atoms. The van der Waals surface area contributed by atoms with Gasteiger partial charge < -0.3 is 15.2 Å². The normalized spacial score (nSPS) is 11.3. The van der Waals surface area contributed by atoms with Crippen LogP contribution in [0.25, 0.3) is 10.1 Å². The molecule has 1 aromatic heterocycles. The van der Waals surface area contributed by atoms with Gasteiger partial charge in [-0.1, -0.05) is 13.0 Å². The number of rotatable bonds is 8. The molecule has 0 unspecified atom stereocenters. The van der Waals surface area contributed by atoms with Gasteiger partial charge in [0.05, 0.1) is 19.8 Å². The Morgan fingerprint density at radius 1 is 1.20 bits per heavy atom. The van der Waals surface area contributed by atoms with Gasteiger partial charge in [0.1, 0.15) is 5.82 Å². The van der Waals surface area contributed by atoms with E-state index in [9.17, 15) is 4.39 Å². The van der Waals surface area contributed by atoms with Crippen LogP contribution < -0.4 is 5.73 Å². The van der Waals surface area contributed by atoms with Crippen molar-refractivity contribution in [3.8, 4) is 0 Å². The lowest BCUT2D eigenvalue weighted by molar-refractivity contribution is 0.0410. The molecular weight excluding hydrogens is 277 g/mol. The average molecular weight is 297 g/mol. The molecule has 1 heterocycles. The number of ether oxygens (including phenoxy) is 2. The Kier molecular flexibility index (Phi) is 5.91. The van der Waals surface area contributed by atoms with Crippen molar-refractivity contribution in [2.24, 2.45) is 5.73 Å². The van der Waals surface area contributed by atoms with Crippen LogP contribution in [-0.2, 0) is 22.6 Å². The van der Waals surface area contributed by atoms with Crippen LogP contribution in [0, 0.1) is 5.82 Å². The predicted octanol–water partition coefficient (Wildman–Crippen LogP) is 3.44. The smallest absolute Gasteiger partial charge is 0.132 e. The number of hydrogen-bond acceptors (Lipinski definition) is 4. The molecule has 0 aliphatic rings. The van der Waals surface area contributed by atoms with E-state index >= 15 is 0 Å². The third-order valence-electron chi connectivity index (χ3n) is 3.00. The Morgan fingerprint density at radius 3 is 2.75 bits per heavy atom. The van der Waals surface area contributed by atoms with Gasteiger partial charge >= 0.3 is 0 Å². The topological polar surface area (TPSA) is 44.5 Å². The first-order chi connectivity index (χ1) is 9.77. The molecule has 0 saturated carbocycles. The minimum Gasteiger partial charge on any atom is -0.379 e. The zero-order valence-corrected chi connectivity index (χ0v) is 12.5. The summed E-state index contributed by atoms with van der Waals surface area (Å²) in [4.78, 5) is 0.986. The van der Waals surface area contributed by atoms with Crippen molar-refractivity contribution in [3.05, 3.63) is 34.5 Å². The van der Waals surface area contributed by atoms with E-state index in [0.717, 1.165) is 28.2 Å². The van der Waals surface area contributed by atoms with Gasteiger partial charge in [-0.05, 0) is 18.6 Å². The molecule has 0 saturated heterocycles. The fourth-order valence-corrected chi connectivity index (χ4v) is 3.17. The zero-order valence-electron chi connectivity index (χ0n) is 11.7. The first kappa shape index (κ1) is 15.4. The van der Waals surface area contributed by atoms with Gasteiger partial charge in [0, 0.05) is 33.7 Å². The SMILES string of the molecule is CCCOCCOCc1c(CN)sc2cccc(F)c12. The van der Waals surface area contributed by atoms with Crippen molar-refractivity contribution in [2.45, 2.75) is 26.5 Å². The Morgan fingerprint density at radius 2 is 2.00 bits per heavy atom. The molecule has 0 aliphatic carbocycles. The number of benzene rings is 1. The Balaban J connectivity index is 2.04. The number of thiophene rings is 1. The highest BCUT2D eigenvalue weighted by Crippen LogP contribution is 2.33. The summed E-state index contributed by atoms with van der Waals surface area (Å²) in [7, 11) is 0. The highest BCUT2D eigenvalue weighted by atomic mass is 32.1. The van der Waals surface area contributed by atoms with Gasteiger partial charge in [0.2, 0.25) is 0 Å². The third kappa shape index (κ3) is 3.55. The second kappa shape index (κ2) is 7.69. The summed E-state index contributed by atoms with van der Waals surface area (Å²) in [6.45, 7) is 4.67. The fraction of sp³-hybridized carbons (Fsp3) is 0.467. The fourth-order valence-electron chi connectivity index (χ4n) is 2.07. The molecule has 0 bridgehead atoms. The van der Waals surface area contributed by atoms with E-state index in [4.69, 9.17) is 15.2 Å². The monoisotopic (exact) mass is 297 g/mol. The molecule has 3 nitrogen and oxygen atoms in total. The van der Waals surface area contributed by atoms with Crippen molar-refractivity contribution in [2.75, 3.05) is 19.8 Å². The van der Waals surface area contributed by atoms with Crippen LogP contribution in [0.15, 0.2) is 18.2 Å². The Hall–Kier alpha value is -1.01. The Bertz CT molecular complexity index is 556. The standard InChI is InChI=1S/C15H20FNO2S/c1-2-6-18-7-8-19-10-11-14(9-17)20-13-5-3-4-12(16)15(11)13/h3-5H,2,6-10,17H2,1H3. The van der Waals surface area contributed by atoms with E-state index in [1.54, 1.807) is 6.07 Å². The van der Waals surface area contributed by atoms with Crippen molar-refractivity contribution in [1.82, 2.24) is 0 Å². The minimum absolute atomic E-state index is 0.209. The van der Waals surface area contributed by atoms with Crippen molar-refractivity contribution >= 4 is 21.4 Å². The van der Waals surface area contributed by atoms with Crippen LogP contribution in [0.3, 0.4) is 0 Å². The lowest BCUT2D eigenvalue weighted by Gasteiger charge is -2.06. The van der Waals surface area contributed by atoms with Gasteiger partial charge in [-0.15, -0.1) is 11.3 Å². The number of fused-ring (bicyclic) bond motifs is 1. The second-order valence-electron chi connectivity index (χ2n) is 4.49. The average Bonchev–Trinajstić information content (AvgIpc) is 2.82. The Labute approximate surface area is 122 Å². The maximum atomic E-state index is 14.0. The molecule has 1 aromatic carbocycles. The summed E-state index contributed by atoms with van der Waals surface area (Å²) in [5, 5.41) is 0.646. The molecule has 0 aliphatic heterocycles. The van der Waals surface area contributed by atoms with E-state index in [1.807, 2.05) is 6.07 Å². The van der Waals surface area contributed by atoms with E-state index in [0.29, 0.717) is 31.8 Å². The summed E-state index contributed by atoms with van der Waals surface area (Å²) in [5.74, 6) is -0.209. The summed E-state index contributed by atoms with van der Waals surface area (Å²) >= 11 is 1.53. The van der Waals surface area contributed by atoms with Crippen LogP contribution in [0.4, 0.5) is 4.39 Å². The molecule has 110 valence electrons.